The molecule has 0 saturated heterocycles. The van der Waals surface area contributed by atoms with Gasteiger partial charge in [0.15, 0.2) is 5.69 Å². The normalized spacial score (nSPS) is 9.44. The minimum atomic E-state index is -1.01. The van der Waals surface area contributed by atoms with Gasteiger partial charge in [-0.25, -0.2) is 4.79 Å². The van der Waals surface area contributed by atoms with Crippen LogP contribution in [0.2, 0.25) is 0 Å². The summed E-state index contributed by atoms with van der Waals surface area (Å²) < 4.78 is 1.87. The lowest BCUT2D eigenvalue weighted by atomic mass is 10.4. The van der Waals surface area contributed by atoms with Crippen molar-refractivity contribution in [3.63, 3.8) is 0 Å². The number of hydrogen-bond donors (Lipinski definition) is 2. The molecule has 2 aromatic heterocycles. The van der Waals surface area contributed by atoms with Crippen LogP contribution in [0.1, 0.15) is 21.9 Å². The van der Waals surface area contributed by atoms with Crippen molar-refractivity contribution in [2.75, 3.05) is 0 Å². The number of carboxylic acid groups (broad SMARTS) is 1. The second kappa shape index (κ2) is 5.11. The number of aromatic amines is 1. The van der Waals surface area contributed by atoms with Crippen molar-refractivity contribution in [1.29, 1.82) is 0 Å². The highest BCUT2D eigenvalue weighted by molar-refractivity contribution is 5.84. The lowest BCUT2D eigenvalue weighted by Gasteiger charge is -1.87. The number of nitrogens with one attached hydrogen (secondary N) is 1. The Morgan fingerprint density at radius 1 is 1.50 bits per heavy atom. The highest BCUT2D eigenvalue weighted by Crippen LogP contribution is 1.97. The first-order chi connectivity index (χ1) is 7.50. The first-order valence-corrected chi connectivity index (χ1v) is 4.71. The van der Waals surface area contributed by atoms with Gasteiger partial charge in [-0.15, -0.1) is 0 Å². The molecule has 2 rings (SSSR count). The van der Waals surface area contributed by atoms with Gasteiger partial charge in [0, 0.05) is 18.9 Å². The van der Waals surface area contributed by atoms with Gasteiger partial charge in [0.2, 0.25) is 0 Å². The van der Waals surface area contributed by atoms with Gasteiger partial charge in [-0.3, -0.25) is 9.78 Å². The number of carboxylic acids is 1. The molecule has 0 spiro atoms. The molecule has 6 nitrogen and oxygen atoms in total. The molecule has 86 valence electrons. The van der Waals surface area contributed by atoms with Gasteiger partial charge in [-0.2, -0.15) is 10.2 Å². The van der Waals surface area contributed by atoms with E-state index in [-0.39, 0.29) is 5.69 Å². The lowest BCUT2D eigenvalue weighted by molar-refractivity contribution is 0.0690. The largest absolute Gasteiger partial charge is 0.476 e. The van der Waals surface area contributed by atoms with Crippen molar-refractivity contribution in [2.24, 2.45) is 7.05 Å². The van der Waals surface area contributed by atoms with Crippen LogP contribution >= 0.6 is 0 Å². The van der Waals surface area contributed by atoms with Crippen LogP contribution in [0.5, 0.6) is 0 Å². The molecule has 2 N–H and O–H groups in total. The Hall–Kier alpha value is -2.11. The van der Waals surface area contributed by atoms with E-state index in [1.54, 1.807) is 0 Å². The van der Waals surface area contributed by atoms with E-state index in [1.807, 2.05) is 25.6 Å². The summed E-state index contributed by atoms with van der Waals surface area (Å²) in [5.41, 5.74) is 2.34. The number of aryl methyl sites for hydroxylation is 3. The molecule has 6 heteroatoms. The molecule has 0 aliphatic rings. The fourth-order valence-electron chi connectivity index (χ4n) is 1.12. The van der Waals surface area contributed by atoms with Crippen molar-refractivity contribution < 1.29 is 9.90 Å². The van der Waals surface area contributed by atoms with Gasteiger partial charge < -0.3 is 5.11 Å². The zero-order valence-corrected chi connectivity index (χ0v) is 9.43. The maximum absolute atomic E-state index is 9.98. The summed E-state index contributed by atoms with van der Waals surface area (Å²) in [6, 6.07) is 3.45. The average Bonchev–Trinajstić information content (AvgIpc) is 2.78. The topological polar surface area (TPSA) is 83.8 Å². The Kier molecular flexibility index (Phi) is 3.82. The summed E-state index contributed by atoms with van der Waals surface area (Å²) in [6.45, 7) is 4.03. The molecular weight excluding hydrogens is 208 g/mol. The molecule has 0 aliphatic heterocycles. The average molecular weight is 222 g/mol. The van der Waals surface area contributed by atoms with Gasteiger partial charge >= 0.3 is 5.97 Å². The molecular formula is C10H14N4O2. The highest BCUT2D eigenvalue weighted by atomic mass is 16.4. The van der Waals surface area contributed by atoms with E-state index < -0.39 is 5.97 Å². The Bertz CT molecular complexity index is 440. The Balaban J connectivity index is 0.000000160. The third-order valence-electron chi connectivity index (χ3n) is 1.96. The van der Waals surface area contributed by atoms with Crippen molar-refractivity contribution in [3.05, 3.63) is 35.4 Å². The second-order valence-electron chi connectivity index (χ2n) is 3.32. The fourth-order valence-corrected chi connectivity index (χ4v) is 1.12. The second-order valence-corrected chi connectivity index (χ2v) is 3.32. The number of aromatic carboxylic acids is 1. The monoisotopic (exact) mass is 222 g/mol. The fraction of sp³-hybridized carbons (Fsp3) is 0.300. The standard InChI is InChI=1S/C6H10N2.C4H4N2O2/c1-5-4-6(2)8(3)7-5;7-4(8)3-1-2-5-6-3/h4H,1-3H3;1-2H,(H,5,6)(H,7,8). The van der Waals surface area contributed by atoms with E-state index in [4.69, 9.17) is 5.11 Å². The van der Waals surface area contributed by atoms with Crippen LogP contribution in [0.3, 0.4) is 0 Å². The maximum Gasteiger partial charge on any atom is 0.356 e. The Morgan fingerprint density at radius 2 is 2.19 bits per heavy atom. The SMILES string of the molecule is Cc1cc(C)n(C)n1.O=C(O)c1cc[nH]n1. The molecule has 2 heterocycles. The molecule has 0 unspecified atom stereocenters. The third kappa shape index (κ3) is 3.23. The zero-order valence-electron chi connectivity index (χ0n) is 9.43. The van der Waals surface area contributed by atoms with E-state index in [0.717, 1.165) is 5.69 Å². The molecule has 0 atom stereocenters. The molecule has 0 radical (unpaired) electrons. The van der Waals surface area contributed by atoms with E-state index in [1.165, 1.54) is 18.0 Å². The van der Waals surface area contributed by atoms with Gasteiger partial charge in [-0.1, -0.05) is 0 Å². The van der Waals surface area contributed by atoms with Crippen molar-refractivity contribution in [2.45, 2.75) is 13.8 Å². The summed E-state index contributed by atoms with van der Waals surface area (Å²) in [5.74, 6) is -1.01. The highest BCUT2D eigenvalue weighted by Gasteiger charge is 2.00. The molecule has 2 aromatic rings. The van der Waals surface area contributed by atoms with Crippen LogP contribution in [-0.2, 0) is 7.05 Å². The van der Waals surface area contributed by atoms with Crippen molar-refractivity contribution in [3.8, 4) is 0 Å². The third-order valence-corrected chi connectivity index (χ3v) is 1.96. The number of aromatic nitrogens is 4. The van der Waals surface area contributed by atoms with Crippen molar-refractivity contribution >= 4 is 5.97 Å². The summed E-state index contributed by atoms with van der Waals surface area (Å²) in [5, 5.41) is 18.1. The number of rotatable bonds is 1. The van der Waals surface area contributed by atoms with Gasteiger partial charge in [0.05, 0.1) is 5.69 Å². The smallest absolute Gasteiger partial charge is 0.356 e. The Labute approximate surface area is 92.9 Å². The van der Waals surface area contributed by atoms with E-state index >= 15 is 0 Å². The summed E-state index contributed by atoms with van der Waals surface area (Å²) in [4.78, 5) is 9.98. The molecule has 0 saturated carbocycles. The van der Waals surface area contributed by atoms with Gasteiger partial charge in [-0.05, 0) is 26.0 Å². The van der Waals surface area contributed by atoms with E-state index in [9.17, 15) is 4.79 Å². The number of nitrogens with zero attached hydrogens (tertiary/aromatic N) is 3. The van der Waals surface area contributed by atoms with Crippen molar-refractivity contribution in [1.82, 2.24) is 20.0 Å². The van der Waals surface area contributed by atoms with Crippen LogP contribution < -0.4 is 0 Å². The minimum Gasteiger partial charge on any atom is -0.476 e. The van der Waals surface area contributed by atoms with Crippen LogP contribution in [0.25, 0.3) is 0 Å². The minimum absolute atomic E-state index is 0.0463. The Morgan fingerprint density at radius 3 is 2.38 bits per heavy atom. The number of hydrogen-bond acceptors (Lipinski definition) is 3. The quantitative estimate of drug-likeness (QED) is 0.758. The summed E-state index contributed by atoms with van der Waals surface area (Å²) >= 11 is 0. The zero-order chi connectivity index (χ0) is 12.1. The summed E-state index contributed by atoms with van der Waals surface area (Å²) in [6.07, 6.45) is 1.46. The molecule has 0 fully saturated rings. The molecule has 0 aromatic carbocycles. The summed E-state index contributed by atoms with van der Waals surface area (Å²) in [7, 11) is 1.95. The van der Waals surface area contributed by atoms with Crippen LogP contribution in [0, 0.1) is 13.8 Å². The van der Waals surface area contributed by atoms with Gasteiger partial charge in [0.25, 0.3) is 0 Å². The van der Waals surface area contributed by atoms with Crippen LogP contribution in [-0.4, -0.2) is 31.1 Å². The van der Waals surface area contributed by atoms with Gasteiger partial charge in [0.1, 0.15) is 0 Å². The lowest BCUT2D eigenvalue weighted by Crippen LogP contribution is -1.95. The van der Waals surface area contributed by atoms with E-state index in [2.05, 4.69) is 21.4 Å². The molecule has 0 amide bonds. The molecule has 0 aliphatic carbocycles. The predicted octanol–water partition coefficient (Wildman–Crippen LogP) is 1.14. The van der Waals surface area contributed by atoms with Crippen LogP contribution in [0.15, 0.2) is 18.3 Å². The molecule has 16 heavy (non-hydrogen) atoms. The first kappa shape index (κ1) is 12.0. The molecule has 0 bridgehead atoms. The number of carbonyl (C=O) groups is 1. The predicted molar refractivity (Wildman–Crippen MR) is 58.2 cm³/mol. The first-order valence-electron chi connectivity index (χ1n) is 4.71. The van der Waals surface area contributed by atoms with Crippen LogP contribution in [0.4, 0.5) is 0 Å². The maximum atomic E-state index is 9.98. The van der Waals surface area contributed by atoms with E-state index in [0.29, 0.717) is 0 Å². The number of H-pyrrole nitrogens is 1.